The summed E-state index contributed by atoms with van der Waals surface area (Å²) in [4.78, 5) is 6.57. The molecule has 5 rings (SSSR count). The third kappa shape index (κ3) is 4.19. The predicted octanol–water partition coefficient (Wildman–Crippen LogP) is 5.61. The smallest absolute Gasteiger partial charge is 0.261 e. The van der Waals surface area contributed by atoms with Crippen LogP contribution in [-0.4, -0.2) is 34.5 Å². The Morgan fingerprint density at radius 3 is 2.61 bits per heavy atom. The average Bonchev–Trinajstić information content (AvgIpc) is 3.45. The summed E-state index contributed by atoms with van der Waals surface area (Å²) in [7, 11) is -2.18. The lowest BCUT2D eigenvalue weighted by Crippen LogP contribution is -2.22. The third-order valence-electron chi connectivity index (χ3n) is 5.62. The van der Waals surface area contributed by atoms with Crippen LogP contribution in [0.25, 0.3) is 21.2 Å². The number of ether oxygens (including phenoxy) is 1. The SMILES string of the molecule is COc1cc(NS(=O)(=O)c2ccc(-c3csc4ccccc34)cc2)ccc1N1C=NC(C)C1. The number of methoxy groups -OCH3 is 1. The van der Waals surface area contributed by atoms with Crippen LogP contribution < -0.4 is 14.4 Å². The fourth-order valence-corrected chi connectivity index (χ4v) is 5.96. The van der Waals surface area contributed by atoms with Crippen molar-refractivity contribution in [2.24, 2.45) is 4.99 Å². The summed E-state index contributed by atoms with van der Waals surface area (Å²) < 4.78 is 35.4. The molecule has 0 bridgehead atoms. The zero-order valence-corrected chi connectivity index (χ0v) is 19.9. The molecule has 1 N–H and O–H groups in total. The summed E-state index contributed by atoms with van der Waals surface area (Å²) in [5, 5.41) is 3.27. The second-order valence-electron chi connectivity index (χ2n) is 7.93. The Kier molecular flexibility index (Phi) is 5.55. The molecular formula is C25H23N3O3S2. The molecule has 1 aromatic heterocycles. The van der Waals surface area contributed by atoms with E-state index in [1.165, 1.54) is 10.1 Å². The fraction of sp³-hybridized carbons (Fsp3) is 0.160. The molecule has 4 aromatic rings. The van der Waals surface area contributed by atoms with Gasteiger partial charge in [-0.2, -0.15) is 0 Å². The van der Waals surface area contributed by atoms with Crippen molar-refractivity contribution >= 4 is 49.2 Å². The topological polar surface area (TPSA) is 71.0 Å². The summed E-state index contributed by atoms with van der Waals surface area (Å²) in [5.74, 6) is 0.579. The van der Waals surface area contributed by atoms with Gasteiger partial charge in [0.1, 0.15) is 5.75 Å². The monoisotopic (exact) mass is 477 g/mol. The van der Waals surface area contributed by atoms with Gasteiger partial charge in [0.15, 0.2) is 0 Å². The molecule has 3 aromatic carbocycles. The quantitative estimate of drug-likeness (QED) is 0.392. The van der Waals surface area contributed by atoms with Gasteiger partial charge in [0.05, 0.1) is 35.8 Å². The largest absolute Gasteiger partial charge is 0.494 e. The van der Waals surface area contributed by atoms with Crippen LogP contribution in [0.5, 0.6) is 5.75 Å². The minimum atomic E-state index is -3.75. The van der Waals surface area contributed by atoms with Crippen molar-refractivity contribution in [3.63, 3.8) is 0 Å². The molecule has 0 spiro atoms. The molecule has 0 radical (unpaired) electrons. The van der Waals surface area contributed by atoms with Crippen LogP contribution in [0.2, 0.25) is 0 Å². The molecule has 6 nitrogen and oxygen atoms in total. The maximum atomic E-state index is 13.0. The van der Waals surface area contributed by atoms with Gasteiger partial charge in [-0.15, -0.1) is 11.3 Å². The number of nitrogens with one attached hydrogen (secondary N) is 1. The van der Waals surface area contributed by atoms with Crippen LogP contribution in [-0.2, 0) is 10.0 Å². The minimum absolute atomic E-state index is 0.203. The number of nitrogens with zero attached hydrogens (tertiary/aromatic N) is 2. The number of fused-ring (bicyclic) bond motifs is 1. The first kappa shape index (κ1) is 21.5. The highest BCUT2D eigenvalue weighted by Gasteiger charge is 2.20. The Morgan fingerprint density at radius 1 is 1.09 bits per heavy atom. The van der Waals surface area contributed by atoms with E-state index in [4.69, 9.17) is 4.74 Å². The number of thiophene rings is 1. The summed E-state index contributed by atoms with van der Waals surface area (Å²) >= 11 is 1.68. The van der Waals surface area contributed by atoms with Gasteiger partial charge in [-0.25, -0.2) is 8.42 Å². The predicted molar refractivity (Wildman–Crippen MR) is 136 cm³/mol. The maximum absolute atomic E-state index is 13.0. The molecule has 0 amide bonds. The van der Waals surface area contributed by atoms with Crippen molar-refractivity contribution in [1.82, 2.24) is 0 Å². The van der Waals surface area contributed by atoms with E-state index in [0.717, 1.165) is 23.4 Å². The van der Waals surface area contributed by atoms with Crippen molar-refractivity contribution < 1.29 is 13.2 Å². The third-order valence-corrected chi connectivity index (χ3v) is 7.98. The highest BCUT2D eigenvalue weighted by molar-refractivity contribution is 7.92. The van der Waals surface area contributed by atoms with Gasteiger partial charge in [0.25, 0.3) is 10.0 Å². The molecule has 1 aliphatic rings. The Balaban J connectivity index is 1.38. The van der Waals surface area contributed by atoms with Gasteiger partial charge in [0.2, 0.25) is 0 Å². The second-order valence-corrected chi connectivity index (χ2v) is 10.5. The summed E-state index contributed by atoms with van der Waals surface area (Å²) in [6.45, 7) is 2.80. The Bertz CT molecular complexity index is 1440. The normalized spacial score (nSPS) is 15.8. The fourth-order valence-electron chi connectivity index (χ4n) is 3.94. The van der Waals surface area contributed by atoms with E-state index >= 15 is 0 Å². The lowest BCUT2D eigenvalue weighted by atomic mass is 10.1. The number of hydrogen-bond donors (Lipinski definition) is 1. The number of aliphatic imine (C=N–C) groups is 1. The van der Waals surface area contributed by atoms with E-state index < -0.39 is 10.0 Å². The molecule has 8 heteroatoms. The summed E-state index contributed by atoms with van der Waals surface area (Å²) in [5.41, 5.74) is 3.38. The molecule has 1 atom stereocenters. The molecule has 1 unspecified atom stereocenters. The maximum Gasteiger partial charge on any atom is 0.261 e. The van der Waals surface area contributed by atoms with Crippen LogP contribution in [0.3, 0.4) is 0 Å². The molecule has 0 aliphatic carbocycles. The average molecular weight is 478 g/mol. The Hall–Kier alpha value is -3.36. The first-order valence-electron chi connectivity index (χ1n) is 10.5. The van der Waals surface area contributed by atoms with E-state index in [9.17, 15) is 8.42 Å². The highest BCUT2D eigenvalue weighted by Crippen LogP contribution is 2.35. The van der Waals surface area contributed by atoms with Crippen molar-refractivity contribution in [2.75, 3.05) is 23.3 Å². The summed E-state index contributed by atoms with van der Waals surface area (Å²) in [6.07, 6.45) is 1.78. The zero-order chi connectivity index (χ0) is 23.0. The molecule has 33 heavy (non-hydrogen) atoms. The molecule has 1 aliphatic heterocycles. The van der Waals surface area contributed by atoms with Gasteiger partial charge in [-0.05, 0) is 48.2 Å². The highest BCUT2D eigenvalue weighted by atomic mass is 32.2. The second kappa shape index (κ2) is 8.53. The molecule has 0 fully saturated rings. The standard InChI is InChI=1S/C25H23N3O3S2/c1-17-14-28(16-26-17)23-12-9-19(13-24(23)31-2)27-33(29,30)20-10-7-18(8-11-20)22-15-32-25-6-4-3-5-21(22)25/h3-13,15-17,27H,14H2,1-2H3. The van der Waals surface area contributed by atoms with Crippen LogP contribution in [0.1, 0.15) is 6.92 Å². The molecule has 2 heterocycles. The van der Waals surface area contributed by atoms with Crippen LogP contribution in [0.4, 0.5) is 11.4 Å². The Labute approximate surface area is 197 Å². The van der Waals surface area contributed by atoms with E-state index in [1.807, 2.05) is 42.2 Å². The van der Waals surface area contributed by atoms with E-state index in [2.05, 4.69) is 27.2 Å². The molecule has 0 saturated heterocycles. The van der Waals surface area contributed by atoms with Gasteiger partial charge in [0, 0.05) is 28.3 Å². The minimum Gasteiger partial charge on any atom is -0.494 e. The molecule has 0 saturated carbocycles. The van der Waals surface area contributed by atoms with Crippen LogP contribution in [0, 0.1) is 0 Å². The van der Waals surface area contributed by atoms with Gasteiger partial charge >= 0.3 is 0 Å². The van der Waals surface area contributed by atoms with Crippen molar-refractivity contribution in [3.05, 3.63) is 72.1 Å². The number of rotatable bonds is 6. The van der Waals surface area contributed by atoms with Crippen molar-refractivity contribution in [1.29, 1.82) is 0 Å². The van der Waals surface area contributed by atoms with E-state index in [-0.39, 0.29) is 10.9 Å². The van der Waals surface area contributed by atoms with Crippen molar-refractivity contribution in [2.45, 2.75) is 17.9 Å². The number of hydrogen-bond acceptors (Lipinski definition) is 6. The van der Waals surface area contributed by atoms with Gasteiger partial charge in [-0.3, -0.25) is 9.71 Å². The van der Waals surface area contributed by atoms with Gasteiger partial charge < -0.3 is 9.64 Å². The van der Waals surface area contributed by atoms with Crippen LogP contribution in [0.15, 0.2) is 82.0 Å². The number of benzene rings is 3. The number of sulfonamides is 1. The van der Waals surface area contributed by atoms with Crippen molar-refractivity contribution in [3.8, 4) is 16.9 Å². The van der Waals surface area contributed by atoms with Crippen LogP contribution >= 0.6 is 11.3 Å². The lowest BCUT2D eigenvalue weighted by molar-refractivity contribution is 0.416. The first-order chi connectivity index (χ1) is 15.9. The zero-order valence-electron chi connectivity index (χ0n) is 18.2. The van der Waals surface area contributed by atoms with E-state index in [1.54, 1.807) is 49.1 Å². The Morgan fingerprint density at radius 2 is 1.88 bits per heavy atom. The van der Waals surface area contributed by atoms with E-state index in [0.29, 0.717) is 11.4 Å². The van der Waals surface area contributed by atoms with Gasteiger partial charge in [-0.1, -0.05) is 30.3 Å². The number of anilines is 2. The lowest BCUT2D eigenvalue weighted by Gasteiger charge is -2.19. The molecule has 168 valence electrons. The summed E-state index contributed by atoms with van der Waals surface area (Å²) in [6, 6.07) is 20.6. The first-order valence-corrected chi connectivity index (χ1v) is 12.9. The molecular weight excluding hydrogens is 454 g/mol.